The fourth-order valence-corrected chi connectivity index (χ4v) is 3.65. The number of benzene rings is 1. The first kappa shape index (κ1) is 18.0. The average Bonchev–Trinajstić information content (AvgIpc) is 3.42. The molecule has 0 spiro atoms. The Hall–Kier alpha value is -3.42. The van der Waals surface area contributed by atoms with Gasteiger partial charge in [-0.25, -0.2) is 9.67 Å². The van der Waals surface area contributed by atoms with Crippen LogP contribution in [0.4, 0.5) is 0 Å². The summed E-state index contributed by atoms with van der Waals surface area (Å²) in [7, 11) is 0. The lowest BCUT2D eigenvalue weighted by atomic mass is 9.90. The number of amides is 2. The Labute approximate surface area is 162 Å². The monoisotopic (exact) mass is 378 g/mol. The Kier molecular flexibility index (Phi) is 5.18. The first-order chi connectivity index (χ1) is 13.7. The summed E-state index contributed by atoms with van der Waals surface area (Å²) < 4.78 is 1.58. The molecule has 4 rings (SSSR count). The lowest BCUT2D eigenvalue weighted by Crippen LogP contribution is -2.46. The predicted octanol–water partition coefficient (Wildman–Crippen LogP) is 2.07. The van der Waals surface area contributed by atoms with Gasteiger partial charge in [-0.3, -0.25) is 9.59 Å². The predicted molar refractivity (Wildman–Crippen MR) is 103 cm³/mol. The Bertz CT molecular complexity index is 936. The van der Waals surface area contributed by atoms with Crippen molar-refractivity contribution >= 4 is 11.8 Å². The van der Waals surface area contributed by atoms with E-state index in [1.807, 2.05) is 18.2 Å². The van der Waals surface area contributed by atoms with Gasteiger partial charge < -0.3 is 15.6 Å². The van der Waals surface area contributed by atoms with Crippen molar-refractivity contribution in [1.29, 1.82) is 0 Å². The lowest BCUT2D eigenvalue weighted by Gasteiger charge is -2.30. The summed E-state index contributed by atoms with van der Waals surface area (Å²) in [4.78, 5) is 32.0. The van der Waals surface area contributed by atoms with Gasteiger partial charge in [-0.05, 0) is 49.9 Å². The molecule has 0 saturated heterocycles. The molecule has 0 bridgehead atoms. The highest BCUT2D eigenvalue weighted by molar-refractivity contribution is 5.98. The van der Waals surface area contributed by atoms with Crippen LogP contribution in [-0.2, 0) is 0 Å². The van der Waals surface area contributed by atoms with E-state index in [2.05, 4.69) is 25.7 Å². The molecule has 8 nitrogen and oxygen atoms in total. The van der Waals surface area contributed by atoms with Gasteiger partial charge in [0.05, 0.1) is 11.3 Å². The van der Waals surface area contributed by atoms with Crippen LogP contribution in [0.25, 0.3) is 5.69 Å². The van der Waals surface area contributed by atoms with Crippen molar-refractivity contribution in [2.45, 2.75) is 37.8 Å². The van der Waals surface area contributed by atoms with Gasteiger partial charge in [0.25, 0.3) is 11.8 Å². The molecule has 1 saturated carbocycles. The normalized spacial score (nSPS) is 19.1. The standard InChI is InChI=1S/C20H22N6O2/c27-19(16-7-1-2-9-18(16)26-13-21-12-23-26)24-14-5-3-6-15(11-14)25-20(28)17-8-4-10-22-17/h1-2,4,7-10,12-15,22H,3,5-6,11H2,(H,24,27)(H,25,28)/t14-,15+/m1/s1. The zero-order chi connectivity index (χ0) is 19.3. The van der Waals surface area contributed by atoms with Crippen LogP contribution in [-0.4, -0.2) is 43.6 Å². The van der Waals surface area contributed by atoms with Gasteiger partial charge in [0.15, 0.2) is 0 Å². The molecule has 28 heavy (non-hydrogen) atoms. The van der Waals surface area contributed by atoms with E-state index >= 15 is 0 Å². The zero-order valence-corrected chi connectivity index (χ0v) is 15.3. The van der Waals surface area contributed by atoms with Crippen LogP contribution in [0.2, 0.25) is 0 Å². The molecule has 8 heteroatoms. The average molecular weight is 378 g/mol. The number of para-hydroxylation sites is 1. The number of hydrogen-bond acceptors (Lipinski definition) is 4. The highest BCUT2D eigenvalue weighted by Crippen LogP contribution is 2.20. The zero-order valence-electron chi connectivity index (χ0n) is 15.3. The number of nitrogens with zero attached hydrogens (tertiary/aromatic N) is 3. The van der Waals surface area contributed by atoms with Gasteiger partial charge in [0.1, 0.15) is 18.3 Å². The minimum atomic E-state index is -0.146. The van der Waals surface area contributed by atoms with Crippen LogP contribution in [0, 0.1) is 0 Å². The first-order valence-corrected chi connectivity index (χ1v) is 9.40. The third-order valence-corrected chi connectivity index (χ3v) is 5.00. The topological polar surface area (TPSA) is 105 Å². The van der Waals surface area contributed by atoms with E-state index < -0.39 is 0 Å². The third kappa shape index (κ3) is 3.95. The van der Waals surface area contributed by atoms with Gasteiger partial charge in [0.2, 0.25) is 0 Å². The van der Waals surface area contributed by atoms with Crippen LogP contribution in [0.15, 0.2) is 55.2 Å². The Morgan fingerprint density at radius 1 is 1.04 bits per heavy atom. The number of aromatic amines is 1. The van der Waals surface area contributed by atoms with E-state index in [0.717, 1.165) is 19.3 Å². The maximum absolute atomic E-state index is 12.9. The van der Waals surface area contributed by atoms with Crippen molar-refractivity contribution in [3.05, 3.63) is 66.5 Å². The SMILES string of the molecule is O=C(N[C@H]1CCC[C@@H](NC(=O)c2ccccc2-n2cncn2)C1)c1ccc[nH]1. The molecule has 2 atom stereocenters. The molecule has 2 heterocycles. The Morgan fingerprint density at radius 3 is 2.54 bits per heavy atom. The number of hydrogen-bond donors (Lipinski definition) is 3. The molecule has 1 aliphatic carbocycles. The Morgan fingerprint density at radius 2 is 1.82 bits per heavy atom. The quantitative estimate of drug-likeness (QED) is 0.632. The lowest BCUT2D eigenvalue weighted by molar-refractivity contribution is 0.0900. The summed E-state index contributed by atoms with van der Waals surface area (Å²) in [6.45, 7) is 0. The molecule has 0 aliphatic heterocycles. The highest BCUT2D eigenvalue weighted by atomic mass is 16.2. The third-order valence-electron chi connectivity index (χ3n) is 5.00. The molecule has 1 aliphatic rings. The summed E-state index contributed by atoms with van der Waals surface area (Å²) >= 11 is 0. The van der Waals surface area contributed by atoms with Crippen LogP contribution in [0.5, 0.6) is 0 Å². The van der Waals surface area contributed by atoms with Crippen molar-refractivity contribution in [3.63, 3.8) is 0 Å². The minimum Gasteiger partial charge on any atom is -0.357 e. The molecule has 144 valence electrons. The number of H-pyrrole nitrogens is 1. The molecule has 1 aromatic carbocycles. The van der Waals surface area contributed by atoms with Crippen molar-refractivity contribution in [2.24, 2.45) is 0 Å². The van der Waals surface area contributed by atoms with E-state index in [9.17, 15) is 9.59 Å². The molecule has 2 amide bonds. The van der Waals surface area contributed by atoms with Crippen LogP contribution >= 0.6 is 0 Å². The Balaban J connectivity index is 1.40. The van der Waals surface area contributed by atoms with Crippen molar-refractivity contribution in [2.75, 3.05) is 0 Å². The van der Waals surface area contributed by atoms with Crippen LogP contribution < -0.4 is 10.6 Å². The second-order valence-corrected chi connectivity index (χ2v) is 6.95. The second-order valence-electron chi connectivity index (χ2n) is 6.95. The van der Waals surface area contributed by atoms with E-state index in [0.29, 0.717) is 23.4 Å². The molecular weight excluding hydrogens is 356 g/mol. The number of nitrogens with one attached hydrogen (secondary N) is 3. The summed E-state index contributed by atoms with van der Waals surface area (Å²) in [5.74, 6) is -0.258. The minimum absolute atomic E-state index is 0.0130. The molecule has 0 unspecified atom stereocenters. The summed E-state index contributed by atoms with van der Waals surface area (Å²) in [5.41, 5.74) is 1.78. The largest absolute Gasteiger partial charge is 0.357 e. The maximum atomic E-state index is 12.9. The molecule has 0 radical (unpaired) electrons. The fourth-order valence-electron chi connectivity index (χ4n) is 3.65. The number of rotatable bonds is 5. The van der Waals surface area contributed by atoms with E-state index in [4.69, 9.17) is 0 Å². The van der Waals surface area contributed by atoms with Crippen LogP contribution in [0.1, 0.15) is 46.5 Å². The summed E-state index contributed by atoms with van der Waals surface area (Å²) in [6.07, 6.45) is 8.20. The number of carbonyl (C=O) groups is 2. The molecular formula is C20H22N6O2. The first-order valence-electron chi connectivity index (χ1n) is 9.40. The van der Waals surface area contributed by atoms with Gasteiger partial charge in [-0.2, -0.15) is 5.10 Å². The van der Waals surface area contributed by atoms with E-state index in [1.54, 1.807) is 35.4 Å². The summed E-state index contributed by atoms with van der Waals surface area (Å²) in [5, 5.41) is 10.3. The summed E-state index contributed by atoms with van der Waals surface area (Å²) in [6, 6.07) is 10.9. The van der Waals surface area contributed by atoms with Gasteiger partial charge >= 0.3 is 0 Å². The van der Waals surface area contributed by atoms with E-state index in [-0.39, 0.29) is 23.9 Å². The number of aromatic nitrogens is 4. The van der Waals surface area contributed by atoms with Crippen molar-refractivity contribution in [1.82, 2.24) is 30.4 Å². The maximum Gasteiger partial charge on any atom is 0.267 e. The van der Waals surface area contributed by atoms with Gasteiger partial charge in [-0.1, -0.05) is 12.1 Å². The molecule has 2 aromatic heterocycles. The number of carbonyl (C=O) groups excluding carboxylic acids is 2. The van der Waals surface area contributed by atoms with Crippen LogP contribution in [0.3, 0.4) is 0 Å². The molecule has 1 fully saturated rings. The molecule has 3 aromatic rings. The second kappa shape index (κ2) is 8.08. The van der Waals surface area contributed by atoms with Crippen molar-refractivity contribution in [3.8, 4) is 5.69 Å². The van der Waals surface area contributed by atoms with Gasteiger partial charge in [0, 0.05) is 18.3 Å². The molecule has 3 N–H and O–H groups in total. The fraction of sp³-hybridized carbons (Fsp3) is 0.300. The van der Waals surface area contributed by atoms with Gasteiger partial charge in [-0.15, -0.1) is 0 Å². The van der Waals surface area contributed by atoms with Crippen molar-refractivity contribution < 1.29 is 9.59 Å². The smallest absolute Gasteiger partial charge is 0.267 e. The van der Waals surface area contributed by atoms with E-state index in [1.165, 1.54) is 6.33 Å². The highest BCUT2D eigenvalue weighted by Gasteiger charge is 2.26.